The van der Waals surface area contributed by atoms with Gasteiger partial charge >= 0.3 is 0 Å². The van der Waals surface area contributed by atoms with Crippen LogP contribution in [0.3, 0.4) is 0 Å². The van der Waals surface area contributed by atoms with Gasteiger partial charge in [0.15, 0.2) is 0 Å². The van der Waals surface area contributed by atoms with Gasteiger partial charge in [0.25, 0.3) is 0 Å². The molecule has 2 fully saturated rings. The first kappa shape index (κ1) is 16.4. The fourth-order valence-corrected chi connectivity index (χ4v) is 6.74. The Morgan fingerprint density at radius 2 is 2.14 bits per heavy atom. The molecule has 124 valence electrons. The average molecular weight is 343 g/mol. The molecule has 3 unspecified atom stereocenters. The van der Waals surface area contributed by atoms with Crippen LogP contribution in [0.15, 0.2) is 5.51 Å². The number of aryl methyl sites for hydroxylation is 2. The van der Waals surface area contributed by atoms with Crippen molar-refractivity contribution in [1.82, 2.24) is 9.71 Å². The Morgan fingerprint density at radius 1 is 1.41 bits per heavy atom. The van der Waals surface area contributed by atoms with Crippen molar-refractivity contribution in [3.05, 3.63) is 16.1 Å². The molecule has 0 spiro atoms. The fourth-order valence-electron chi connectivity index (χ4n) is 4.45. The van der Waals surface area contributed by atoms with Gasteiger partial charge in [0.2, 0.25) is 10.0 Å². The molecule has 22 heavy (non-hydrogen) atoms. The van der Waals surface area contributed by atoms with Crippen molar-refractivity contribution in [3.8, 4) is 0 Å². The molecule has 2 bridgehead atoms. The van der Waals surface area contributed by atoms with Crippen LogP contribution >= 0.6 is 11.3 Å². The Morgan fingerprint density at radius 3 is 2.64 bits per heavy atom. The van der Waals surface area contributed by atoms with Gasteiger partial charge in [-0.25, -0.2) is 18.1 Å². The molecular formula is C16H26N2O2S2. The van der Waals surface area contributed by atoms with Gasteiger partial charge < -0.3 is 0 Å². The summed E-state index contributed by atoms with van der Waals surface area (Å²) in [5.41, 5.74) is 3.05. The first-order valence-electron chi connectivity index (χ1n) is 8.05. The molecule has 1 aromatic rings. The summed E-state index contributed by atoms with van der Waals surface area (Å²) in [5.74, 6) is 0.808. The number of nitrogens with zero attached hydrogens (tertiary/aromatic N) is 1. The molecule has 6 heteroatoms. The molecule has 0 radical (unpaired) electrons. The van der Waals surface area contributed by atoms with Crippen molar-refractivity contribution in [2.24, 2.45) is 16.7 Å². The Hall–Kier alpha value is -0.460. The van der Waals surface area contributed by atoms with E-state index in [1.807, 2.05) is 6.92 Å². The third kappa shape index (κ3) is 2.53. The number of hydrogen-bond acceptors (Lipinski definition) is 4. The molecule has 1 aromatic heterocycles. The number of nitrogens with one attached hydrogen (secondary N) is 1. The van der Waals surface area contributed by atoms with Crippen molar-refractivity contribution in [2.45, 2.75) is 59.4 Å². The molecule has 0 saturated heterocycles. The molecular weight excluding hydrogens is 316 g/mol. The van der Waals surface area contributed by atoms with Crippen LogP contribution in [0.5, 0.6) is 0 Å². The Balaban J connectivity index is 1.67. The zero-order valence-electron chi connectivity index (χ0n) is 13.8. The molecule has 3 rings (SSSR count). The van der Waals surface area contributed by atoms with Crippen molar-refractivity contribution >= 4 is 21.4 Å². The molecule has 0 amide bonds. The van der Waals surface area contributed by atoms with Gasteiger partial charge in [0.1, 0.15) is 0 Å². The highest BCUT2D eigenvalue weighted by Gasteiger charge is 2.61. The highest BCUT2D eigenvalue weighted by atomic mass is 32.2. The van der Waals surface area contributed by atoms with Crippen molar-refractivity contribution in [3.63, 3.8) is 0 Å². The average Bonchev–Trinajstić information content (AvgIpc) is 2.97. The third-order valence-corrected chi connectivity index (χ3v) is 8.94. The van der Waals surface area contributed by atoms with E-state index in [1.54, 1.807) is 16.8 Å². The molecule has 4 nitrogen and oxygen atoms in total. The second-order valence-electron chi connectivity index (χ2n) is 7.71. The Bertz CT molecular complexity index is 665. The minimum absolute atomic E-state index is 0.0884. The third-order valence-electron chi connectivity index (χ3n) is 6.56. The fraction of sp³-hybridized carbons (Fsp3) is 0.812. The number of fused-ring (bicyclic) bond motifs is 2. The van der Waals surface area contributed by atoms with E-state index in [-0.39, 0.29) is 22.6 Å². The van der Waals surface area contributed by atoms with Crippen LogP contribution in [0, 0.1) is 23.7 Å². The molecule has 1 N–H and O–H groups in total. The van der Waals surface area contributed by atoms with E-state index in [9.17, 15) is 8.42 Å². The summed E-state index contributed by atoms with van der Waals surface area (Å²) in [5, 5.41) is 0. The summed E-state index contributed by atoms with van der Waals surface area (Å²) in [6, 6.07) is 0.0915. The molecule has 2 aliphatic carbocycles. The van der Waals surface area contributed by atoms with Gasteiger partial charge in [-0.05, 0) is 49.4 Å². The number of rotatable bonds is 5. The predicted octanol–water partition coefficient (Wildman–Crippen LogP) is 3.13. The first-order valence-corrected chi connectivity index (χ1v) is 10.6. The maximum Gasteiger partial charge on any atom is 0.212 e. The molecule has 0 aromatic carbocycles. The summed E-state index contributed by atoms with van der Waals surface area (Å²) in [6.45, 7) is 8.81. The summed E-state index contributed by atoms with van der Waals surface area (Å²) in [6.07, 6.45) is 3.91. The van der Waals surface area contributed by atoms with Crippen LogP contribution in [-0.2, 0) is 16.4 Å². The van der Waals surface area contributed by atoms with E-state index >= 15 is 0 Å². The summed E-state index contributed by atoms with van der Waals surface area (Å²) >= 11 is 1.54. The smallest absolute Gasteiger partial charge is 0.212 e. The minimum Gasteiger partial charge on any atom is -0.250 e. The number of hydrogen-bond donors (Lipinski definition) is 1. The highest BCUT2D eigenvalue weighted by molar-refractivity contribution is 7.89. The van der Waals surface area contributed by atoms with Crippen LogP contribution in [0.2, 0.25) is 0 Å². The van der Waals surface area contributed by atoms with Crippen LogP contribution < -0.4 is 4.72 Å². The molecule has 0 aliphatic heterocycles. The van der Waals surface area contributed by atoms with E-state index < -0.39 is 10.0 Å². The van der Waals surface area contributed by atoms with Crippen LogP contribution in [0.25, 0.3) is 0 Å². The largest absolute Gasteiger partial charge is 0.250 e. The quantitative estimate of drug-likeness (QED) is 0.894. The van der Waals surface area contributed by atoms with Gasteiger partial charge in [0, 0.05) is 10.9 Å². The maximum absolute atomic E-state index is 12.5. The lowest BCUT2D eigenvalue weighted by molar-refractivity contribution is 0.130. The normalized spacial score (nSPS) is 33.5. The topological polar surface area (TPSA) is 59.1 Å². The van der Waals surface area contributed by atoms with Crippen LogP contribution in [0.4, 0.5) is 0 Å². The number of thiazole rings is 1. The first-order chi connectivity index (χ1) is 10.2. The second-order valence-corrected chi connectivity index (χ2v) is 10.5. The van der Waals surface area contributed by atoms with Gasteiger partial charge in [-0.1, -0.05) is 20.8 Å². The predicted molar refractivity (Wildman–Crippen MR) is 90.5 cm³/mol. The lowest BCUT2D eigenvalue weighted by Crippen LogP contribution is -2.47. The SMILES string of the molecule is Cc1ncsc1CCS(=O)(=O)NC1CC2CCC1(C)C2(C)C. The number of aromatic nitrogens is 1. The monoisotopic (exact) mass is 342 g/mol. The second kappa shape index (κ2) is 5.28. The molecule has 3 atom stereocenters. The van der Waals surface area contributed by atoms with Gasteiger partial charge in [-0.15, -0.1) is 11.3 Å². The lowest BCUT2D eigenvalue weighted by atomic mass is 9.69. The summed E-state index contributed by atoms with van der Waals surface area (Å²) < 4.78 is 28.0. The lowest BCUT2D eigenvalue weighted by Gasteiger charge is -2.39. The van der Waals surface area contributed by atoms with Crippen LogP contribution in [0.1, 0.15) is 50.6 Å². The Kier molecular flexibility index (Phi) is 3.94. The number of sulfonamides is 1. The summed E-state index contributed by atoms with van der Waals surface area (Å²) in [4.78, 5) is 5.26. The highest BCUT2D eigenvalue weighted by Crippen LogP contribution is 2.65. The molecule has 1 heterocycles. The summed E-state index contributed by atoms with van der Waals surface area (Å²) in [7, 11) is -3.24. The van der Waals surface area contributed by atoms with E-state index in [1.165, 1.54) is 6.42 Å². The van der Waals surface area contributed by atoms with E-state index in [0.717, 1.165) is 23.4 Å². The van der Waals surface area contributed by atoms with Gasteiger partial charge in [-0.3, -0.25) is 0 Å². The van der Waals surface area contributed by atoms with Gasteiger partial charge in [-0.2, -0.15) is 0 Å². The zero-order valence-corrected chi connectivity index (χ0v) is 15.5. The molecule has 2 aliphatic rings. The minimum atomic E-state index is -3.24. The zero-order chi connectivity index (χ0) is 16.2. The van der Waals surface area contributed by atoms with Crippen molar-refractivity contribution < 1.29 is 8.42 Å². The maximum atomic E-state index is 12.5. The van der Waals surface area contributed by atoms with Crippen molar-refractivity contribution in [1.29, 1.82) is 0 Å². The Labute approximate surface area is 137 Å². The standard InChI is InChI=1S/C16H26N2O2S2/c1-11-13(21-10-17-11)6-8-22(19,20)18-14-9-12-5-7-16(14,4)15(12,2)3/h10,12,14,18H,5-9H2,1-4H3. The van der Waals surface area contributed by atoms with Crippen molar-refractivity contribution in [2.75, 3.05) is 5.75 Å². The van der Waals surface area contributed by atoms with Crippen LogP contribution in [-0.4, -0.2) is 25.2 Å². The van der Waals surface area contributed by atoms with E-state index in [4.69, 9.17) is 0 Å². The van der Waals surface area contributed by atoms with Gasteiger partial charge in [0.05, 0.1) is 17.0 Å². The molecule has 2 saturated carbocycles. The van der Waals surface area contributed by atoms with E-state index in [2.05, 4.69) is 30.5 Å². The van der Waals surface area contributed by atoms with E-state index in [0.29, 0.717) is 12.3 Å².